The summed E-state index contributed by atoms with van der Waals surface area (Å²) in [6.45, 7) is 6.61. The monoisotopic (exact) mass is 204 g/mol. The quantitative estimate of drug-likeness (QED) is 0.386. The average Bonchev–Trinajstić information content (AvgIpc) is 2.00. The van der Waals surface area contributed by atoms with Gasteiger partial charge >= 0.3 is 0 Å². The minimum atomic E-state index is -1.32. The normalized spacial score (nSPS) is 10.5. The molecule has 0 saturated carbocycles. The van der Waals surface area contributed by atoms with E-state index in [1.165, 1.54) is 0 Å². The molecule has 1 rings (SSSR count). The van der Waals surface area contributed by atoms with Crippen molar-refractivity contribution in [1.82, 2.24) is 0 Å². The molecule has 0 fully saturated rings. The highest BCUT2D eigenvalue weighted by atomic mass is 28.3. The first-order chi connectivity index (χ1) is 6.38. The van der Waals surface area contributed by atoms with Crippen molar-refractivity contribution >= 4 is 19.4 Å². The van der Waals surface area contributed by atoms with Crippen LogP contribution in [0.4, 0.5) is 11.4 Å². The summed E-state index contributed by atoms with van der Waals surface area (Å²) in [7, 11) is -1.32. The maximum absolute atomic E-state index is 5.78. The van der Waals surface area contributed by atoms with E-state index in [0.29, 0.717) is 11.4 Å². The van der Waals surface area contributed by atoms with Crippen molar-refractivity contribution in [3.63, 3.8) is 0 Å². The fraction of sp³-hybridized carbons (Fsp3) is 0.273. The Bertz CT molecular complexity index is 394. The summed E-state index contributed by atoms with van der Waals surface area (Å²) in [6.07, 6.45) is 0. The molecular formula is C11H16N2Si. The van der Waals surface area contributed by atoms with Crippen LogP contribution in [0.3, 0.4) is 0 Å². The Labute approximate surface area is 86.3 Å². The van der Waals surface area contributed by atoms with Gasteiger partial charge in [-0.15, -0.1) is 5.54 Å². The van der Waals surface area contributed by atoms with Gasteiger partial charge in [-0.2, -0.15) is 0 Å². The number of benzene rings is 1. The van der Waals surface area contributed by atoms with Crippen molar-refractivity contribution in [3.05, 3.63) is 23.8 Å². The second-order valence-corrected chi connectivity index (χ2v) is 9.10. The van der Waals surface area contributed by atoms with Gasteiger partial charge in [-0.05, 0) is 18.2 Å². The van der Waals surface area contributed by atoms with E-state index in [9.17, 15) is 0 Å². The topological polar surface area (TPSA) is 52.0 Å². The van der Waals surface area contributed by atoms with Gasteiger partial charge < -0.3 is 11.5 Å². The summed E-state index contributed by atoms with van der Waals surface area (Å²) in [5.74, 6) is 3.11. The predicted molar refractivity (Wildman–Crippen MR) is 65.5 cm³/mol. The molecule has 1 aromatic carbocycles. The smallest absolute Gasteiger partial charge is 0.129 e. The number of anilines is 2. The SMILES string of the molecule is C[Si](C)(C)C#Cc1ccc(N)cc1N. The Kier molecular flexibility index (Phi) is 2.87. The first-order valence-electron chi connectivity index (χ1n) is 4.57. The third-order valence-corrected chi connectivity index (χ3v) is 2.52. The molecule has 3 heteroatoms. The molecule has 0 aliphatic carbocycles. The van der Waals surface area contributed by atoms with Crippen LogP contribution in [0.2, 0.25) is 19.6 Å². The lowest BCUT2D eigenvalue weighted by atomic mass is 10.2. The minimum absolute atomic E-state index is 0.663. The molecule has 0 aliphatic heterocycles. The van der Waals surface area contributed by atoms with Crippen LogP contribution in [0.1, 0.15) is 5.56 Å². The molecule has 0 amide bonds. The zero-order valence-electron chi connectivity index (χ0n) is 8.89. The highest BCUT2D eigenvalue weighted by molar-refractivity contribution is 6.83. The molecule has 4 N–H and O–H groups in total. The van der Waals surface area contributed by atoms with E-state index in [4.69, 9.17) is 11.5 Å². The molecule has 74 valence electrons. The first kappa shape index (κ1) is 10.7. The molecule has 0 atom stereocenters. The van der Waals surface area contributed by atoms with E-state index in [2.05, 4.69) is 31.1 Å². The van der Waals surface area contributed by atoms with Crippen molar-refractivity contribution < 1.29 is 0 Å². The van der Waals surface area contributed by atoms with Gasteiger partial charge in [0.25, 0.3) is 0 Å². The standard InChI is InChI=1S/C11H16N2Si/c1-14(2,3)7-6-9-4-5-10(12)8-11(9)13/h4-5,8H,12-13H2,1-3H3. The fourth-order valence-electron chi connectivity index (χ4n) is 0.950. The maximum atomic E-state index is 5.78. The van der Waals surface area contributed by atoms with Crippen molar-refractivity contribution in [1.29, 1.82) is 0 Å². The molecule has 1 aromatic rings. The van der Waals surface area contributed by atoms with E-state index in [0.717, 1.165) is 5.56 Å². The predicted octanol–water partition coefficient (Wildman–Crippen LogP) is 2.08. The average molecular weight is 204 g/mol. The van der Waals surface area contributed by atoms with E-state index in [-0.39, 0.29) is 0 Å². The van der Waals surface area contributed by atoms with Gasteiger partial charge in [0.05, 0.1) is 0 Å². The van der Waals surface area contributed by atoms with E-state index in [1.807, 2.05) is 12.1 Å². The fourth-order valence-corrected chi connectivity index (χ4v) is 1.46. The summed E-state index contributed by atoms with van der Waals surface area (Å²) in [5, 5.41) is 0. The lowest BCUT2D eigenvalue weighted by Crippen LogP contribution is -2.16. The third-order valence-electron chi connectivity index (χ3n) is 1.65. The Morgan fingerprint density at radius 2 is 1.79 bits per heavy atom. The van der Waals surface area contributed by atoms with Gasteiger partial charge in [0, 0.05) is 16.9 Å². The lowest BCUT2D eigenvalue weighted by molar-refractivity contribution is 1.62. The molecule has 0 spiro atoms. The van der Waals surface area contributed by atoms with Crippen LogP contribution in [-0.4, -0.2) is 8.07 Å². The van der Waals surface area contributed by atoms with Crippen LogP contribution < -0.4 is 11.5 Å². The Balaban J connectivity index is 3.02. The van der Waals surface area contributed by atoms with Crippen LogP contribution in [0.15, 0.2) is 18.2 Å². The molecule has 0 saturated heterocycles. The van der Waals surface area contributed by atoms with Gasteiger partial charge in [0.15, 0.2) is 0 Å². The number of hydrogen-bond donors (Lipinski definition) is 2. The van der Waals surface area contributed by atoms with Crippen molar-refractivity contribution in [2.75, 3.05) is 11.5 Å². The van der Waals surface area contributed by atoms with Crippen LogP contribution in [0, 0.1) is 11.5 Å². The van der Waals surface area contributed by atoms with Crippen LogP contribution >= 0.6 is 0 Å². The number of rotatable bonds is 0. The van der Waals surface area contributed by atoms with Gasteiger partial charge in [-0.3, -0.25) is 0 Å². The third kappa shape index (κ3) is 3.15. The van der Waals surface area contributed by atoms with E-state index >= 15 is 0 Å². The van der Waals surface area contributed by atoms with Crippen LogP contribution in [0.25, 0.3) is 0 Å². The molecule has 2 nitrogen and oxygen atoms in total. The number of nitrogens with two attached hydrogens (primary N) is 2. The highest BCUT2D eigenvalue weighted by Crippen LogP contribution is 2.14. The number of nitrogen functional groups attached to an aromatic ring is 2. The Morgan fingerprint density at radius 3 is 2.29 bits per heavy atom. The van der Waals surface area contributed by atoms with Gasteiger partial charge in [0.2, 0.25) is 0 Å². The zero-order chi connectivity index (χ0) is 10.8. The zero-order valence-corrected chi connectivity index (χ0v) is 9.89. The molecular weight excluding hydrogens is 188 g/mol. The second-order valence-electron chi connectivity index (χ2n) is 4.35. The lowest BCUT2D eigenvalue weighted by Gasteiger charge is -2.04. The molecule has 0 radical (unpaired) electrons. The van der Waals surface area contributed by atoms with Gasteiger partial charge in [-0.1, -0.05) is 25.6 Å². The highest BCUT2D eigenvalue weighted by Gasteiger charge is 2.07. The van der Waals surface area contributed by atoms with Gasteiger partial charge in [0.1, 0.15) is 8.07 Å². The molecule has 0 heterocycles. The molecule has 0 bridgehead atoms. The largest absolute Gasteiger partial charge is 0.399 e. The summed E-state index contributed by atoms with van der Waals surface area (Å²) < 4.78 is 0. The van der Waals surface area contributed by atoms with Crippen molar-refractivity contribution in [2.24, 2.45) is 0 Å². The van der Waals surface area contributed by atoms with Gasteiger partial charge in [-0.25, -0.2) is 0 Å². The van der Waals surface area contributed by atoms with Crippen LogP contribution in [-0.2, 0) is 0 Å². The first-order valence-corrected chi connectivity index (χ1v) is 8.07. The van der Waals surface area contributed by atoms with E-state index < -0.39 is 8.07 Å². The molecule has 0 aromatic heterocycles. The Hall–Kier alpha value is -1.40. The van der Waals surface area contributed by atoms with Crippen molar-refractivity contribution in [2.45, 2.75) is 19.6 Å². The summed E-state index contributed by atoms with van der Waals surface area (Å²) in [6, 6.07) is 5.44. The Morgan fingerprint density at radius 1 is 1.14 bits per heavy atom. The summed E-state index contributed by atoms with van der Waals surface area (Å²) >= 11 is 0. The van der Waals surface area contributed by atoms with Crippen molar-refractivity contribution in [3.8, 4) is 11.5 Å². The summed E-state index contributed by atoms with van der Waals surface area (Å²) in [5.41, 5.74) is 16.9. The minimum Gasteiger partial charge on any atom is -0.399 e. The molecule has 14 heavy (non-hydrogen) atoms. The summed E-state index contributed by atoms with van der Waals surface area (Å²) in [4.78, 5) is 0. The second kappa shape index (κ2) is 3.77. The van der Waals surface area contributed by atoms with Crippen LogP contribution in [0.5, 0.6) is 0 Å². The van der Waals surface area contributed by atoms with E-state index in [1.54, 1.807) is 6.07 Å². The maximum Gasteiger partial charge on any atom is 0.129 e. The molecule has 0 unspecified atom stereocenters. The number of hydrogen-bond acceptors (Lipinski definition) is 2. The molecule has 0 aliphatic rings.